The molecule has 0 aromatic heterocycles. The Bertz CT molecular complexity index is 467. The van der Waals surface area contributed by atoms with Crippen LogP contribution in [0.25, 0.3) is 0 Å². The first-order valence-corrected chi connectivity index (χ1v) is 10.4. The number of unbranched alkanes of at least 4 members (excludes halogenated alkanes) is 3. The molecule has 26 heavy (non-hydrogen) atoms. The lowest BCUT2D eigenvalue weighted by Crippen LogP contribution is -2.19. The van der Waals surface area contributed by atoms with Crippen LogP contribution in [0.4, 0.5) is 0 Å². The van der Waals surface area contributed by atoms with Gasteiger partial charge in [-0.25, -0.2) is 4.79 Å². The second kappa shape index (κ2) is 11.5. The van der Waals surface area contributed by atoms with Gasteiger partial charge in [0.1, 0.15) is 5.78 Å². The van der Waals surface area contributed by atoms with E-state index in [1.807, 2.05) is 0 Å². The molecule has 0 spiro atoms. The molecule has 1 aliphatic carbocycles. The molecule has 1 unspecified atom stereocenters. The van der Waals surface area contributed by atoms with Crippen molar-refractivity contribution >= 4 is 11.8 Å². The summed E-state index contributed by atoms with van der Waals surface area (Å²) in [6.45, 7) is 6.86. The Morgan fingerprint density at radius 2 is 2.00 bits per heavy atom. The van der Waals surface area contributed by atoms with E-state index in [9.17, 15) is 14.7 Å². The normalized spacial score (nSPS) is 22.2. The molecule has 0 bridgehead atoms. The van der Waals surface area contributed by atoms with Crippen LogP contribution in [0, 0.1) is 17.3 Å². The summed E-state index contributed by atoms with van der Waals surface area (Å²) in [5, 5.41) is 17.9. The van der Waals surface area contributed by atoms with Crippen LogP contribution < -0.4 is 0 Å². The van der Waals surface area contributed by atoms with Gasteiger partial charge in [-0.15, -0.1) is 0 Å². The molecule has 150 valence electrons. The summed E-state index contributed by atoms with van der Waals surface area (Å²) < 4.78 is 0. The first-order valence-electron chi connectivity index (χ1n) is 10.4. The zero-order valence-corrected chi connectivity index (χ0v) is 16.9. The smallest absolute Gasteiger partial charge is 0.332 e. The summed E-state index contributed by atoms with van der Waals surface area (Å²) in [7, 11) is 0. The summed E-state index contributed by atoms with van der Waals surface area (Å²) >= 11 is 0. The third kappa shape index (κ3) is 8.48. The molecule has 2 N–H and O–H groups in total. The van der Waals surface area contributed by atoms with Gasteiger partial charge in [0.2, 0.25) is 0 Å². The maximum absolute atomic E-state index is 12.2. The van der Waals surface area contributed by atoms with E-state index in [1.165, 1.54) is 19.3 Å². The highest BCUT2D eigenvalue weighted by Crippen LogP contribution is 2.35. The third-order valence-corrected chi connectivity index (χ3v) is 5.69. The fourth-order valence-corrected chi connectivity index (χ4v) is 3.86. The molecule has 3 atom stereocenters. The molecule has 0 aromatic carbocycles. The summed E-state index contributed by atoms with van der Waals surface area (Å²) in [6.07, 6.45) is 13.4. The van der Waals surface area contributed by atoms with Gasteiger partial charge in [0.05, 0.1) is 0 Å². The van der Waals surface area contributed by atoms with Crippen LogP contribution in [-0.2, 0) is 9.59 Å². The van der Waals surface area contributed by atoms with Crippen LogP contribution in [-0.4, -0.2) is 28.1 Å². The van der Waals surface area contributed by atoms with Gasteiger partial charge in [0.15, 0.2) is 6.10 Å². The predicted molar refractivity (Wildman–Crippen MR) is 105 cm³/mol. The van der Waals surface area contributed by atoms with Crippen molar-refractivity contribution in [1.29, 1.82) is 0 Å². The number of aliphatic hydroxyl groups excluding tert-OH is 1. The fourth-order valence-electron chi connectivity index (χ4n) is 3.86. The second-order valence-electron chi connectivity index (χ2n) is 8.67. The number of carboxylic acids is 1. The minimum Gasteiger partial charge on any atom is -0.479 e. The van der Waals surface area contributed by atoms with Gasteiger partial charge in [0, 0.05) is 12.3 Å². The molecule has 0 radical (unpaired) electrons. The number of aliphatic hydroxyl groups is 1. The number of carboxylic acid groups (broad SMARTS) is 1. The van der Waals surface area contributed by atoms with Gasteiger partial charge in [-0.3, -0.25) is 4.79 Å². The van der Waals surface area contributed by atoms with E-state index in [-0.39, 0.29) is 5.92 Å². The predicted octanol–water partition coefficient (Wildman–Crippen LogP) is 5.14. The van der Waals surface area contributed by atoms with Crippen molar-refractivity contribution in [3.63, 3.8) is 0 Å². The van der Waals surface area contributed by atoms with E-state index in [0.717, 1.165) is 32.1 Å². The molecule has 4 heteroatoms. The third-order valence-electron chi connectivity index (χ3n) is 5.69. The molecular weight excluding hydrogens is 328 g/mol. The first kappa shape index (κ1) is 22.9. The number of Topliss-reactive ketones (excluding diaryl/α,β-unsaturated/α-hetero) is 1. The van der Waals surface area contributed by atoms with Crippen molar-refractivity contribution in [1.82, 2.24) is 0 Å². The van der Waals surface area contributed by atoms with E-state index in [2.05, 4.69) is 32.9 Å². The van der Waals surface area contributed by atoms with Gasteiger partial charge in [0.25, 0.3) is 0 Å². The maximum atomic E-state index is 12.2. The highest BCUT2D eigenvalue weighted by Gasteiger charge is 2.32. The maximum Gasteiger partial charge on any atom is 0.332 e. The van der Waals surface area contributed by atoms with Gasteiger partial charge < -0.3 is 10.2 Å². The second-order valence-corrected chi connectivity index (χ2v) is 8.67. The highest BCUT2D eigenvalue weighted by molar-refractivity contribution is 5.83. The van der Waals surface area contributed by atoms with Crippen LogP contribution in [0.2, 0.25) is 0 Å². The number of allylic oxidation sites excluding steroid dienone is 2. The lowest BCUT2D eigenvalue weighted by Gasteiger charge is -2.23. The van der Waals surface area contributed by atoms with Crippen LogP contribution in [0.15, 0.2) is 12.2 Å². The van der Waals surface area contributed by atoms with Crippen LogP contribution in [0.1, 0.15) is 91.4 Å². The largest absolute Gasteiger partial charge is 0.479 e. The molecular formula is C22H38O4. The summed E-state index contributed by atoms with van der Waals surface area (Å²) in [4.78, 5) is 22.8. The lowest BCUT2D eigenvalue weighted by atomic mass is 9.83. The molecule has 0 heterocycles. The Morgan fingerprint density at radius 1 is 1.27 bits per heavy atom. The highest BCUT2D eigenvalue weighted by atomic mass is 16.4. The molecule has 1 rings (SSSR count). The van der Waals surface area contributed by atoms with Crippen molar-refractivity contribution in [2.75, 3.05) is 0 Å². The fraction of sp³-hybridized carbons (Fsp3) is 0.818. The molecule has 0 amide bonds. The van der Waals surface area contributed by atoms with E-state index in [1.54, 1.807) is 0 Å². The molecule has 0 aliphatic heterocycles. The van der Waals surface area contributed by atoms with Crippen molar-refractivity contribution in [2.45, 2.75) is 97.5 Å². The quantitative estimate of drug-likeness (QED) is 0.349. The SMILES string of the molecule is CCCCC(C)(C)CC=C[C@H]1CCC(=O)[C@@H]1CCCCCC(O)C(=O)O. The summed E-state index contributed by atoms with van der Waals surface area (Å²) in [5.41, 5.74) is 0.329. The number of hydrogen-bond acceptors (Lipinski definition) is 3. The van der Waals surface area contributed by atoms with E-state index < -0.39 is 12.1 Å². The molecule has 1 saturated carbocycles. The van der Waals surface area contributed by atoms with Crippen LogP contribution >= 0.6 is 0 Å². The average Bonchev–Trinajstić information content (AvgIpc) is 2.92. The van der Waals surface area contributed by atoms with Crippen molar-refractivity contribution in [3.05, 3.63) is 12.2 Å². The number of ketones is 1. The summed E-state index contributed by atoms with van der Waals surface area (Å²) in [5.74, 6) is -0.262. The number of hydrogen-bond donors (Lipinski definition) is 2. The molecule has 0 aromatic rings. The molecule has 1 aliphatic rings. The Morgan fingerprint density at radius 3 is 2.65 bits per heavy atom. The topological polar surface area (TPSA) is 74.6 Å². The van der Waals surface area contributed by atoms with Crippen LogP contribution in [0.5, 0.6) is 0 Å². The lowest BCUT2D eigenvalue weighted by molar-refractivity contribution is -0.146. The first-order chi connectivity index (χ1) is 12.3. The van der Waals surface area contributed by atoms with E-state index >= 15 is 0 Å². The van der Waals surface area contributed by atoms with E-state index in [0.29, 0.717) is 36.4 Å². The standard InChI is InChI=1S/C22H38O4/c1-4-5-15-22(2,3)16-9-10-17-13-14-19(23)18(17)11-7-6-8-12-20(24)21(25)26/h9-10,17-18,20,24H,4-8,11-16H2,1-3H3,(H,25,26)/t17-,18+,20?/m0/s1. The Balaban J connectivity index is 2.36. The Kier molecular flexibility index (Phi) is 10.1. The summed E-state index contributed by atoms with van der Waals surface area (Å²) in [6, 6.07) is 0. The minimum atomic E-state index is -1.25. The Hall–Kier alpha value is -1.16. The average molecular weight is 367 g/mol. The van der Waals surface area contributed by atoms with Crippen molar-refractivity contribution in [2.24, 2.45) is 17.3 Å². The van der Waals surface area contributed by atoms with E-state index in [4.69, 9.17) is 5.11 Å². The van der Waals surface area contributed by atoms with Gasteiger partial charge in [-0.1, -0.05) is 65.0 Å². The molecule has 0 saturated heterocycles. The minimum absolute atomic E-state index is 0.134. The van der Waals surface area contributed by atoms with Crippen LogP contribution in [0.3, 0.4) is 0 Å². The van der Waals surface area contributed by atoms with Gasteiger partial charge in [-0.2, -0.15) is 0 Å². The number of aliphatic carboxylic acids is 1. The number of carbonyl (C=O) groups excluding carboxylic acids is 1. The molecule has 1 fully saturated rings. The zero-order chi connectivity index (χ0) is 19.6. The monoisotopic (exact) mass is 366 g/mol. The number of carbonyl (C=O) groups is 2. The van der Waals surface area contributed by atoms with Gasteiger partial charge in [-0.05, 0) is 43.4 Å². The molecule has 4 nitrogen and oxygen atoms in total. The number of rotatable bonds is 13. The Labute approximate surface area is 159 Å². The van der Waals surface area contributed by atoms with Gasteiger partial charge >= 0.3 is 5.97 Å². The van der Waals surface area contributed by atoms with Crippen molar-refractivity contribution in [3.8, 4) is 0 Å². The van der Waals surface area contributed by atoms with Crippen molar-refractivity contribution < 1.29 is 19.8 Å². The zero-order valence-electron chi connectivity index (χ0n) is 16.9.